The molecule has 0 bridgehead atoms. The molecule has 0 saturated heterocycles. The van der Waals surface area contributed by atoms with Gasteiger partial charge in [0.2, 0.25) is 0 Å². The van der Waals surface area contributed by atoms with Crippen molar-refractivity contribution in [3.63, 3.8) is 0 Å². The highest BCUT2D eigenvalue weighted by atomic mass is 16.2. The van der Waals surface area contributed by atoms with Gasteiger partial charge in [-0.2, -0.15) is 0 Å². The fraction of sp³-hybridized carbons (Fsp3) is 0.200. The molecule has 0 aliphatic rings. The van der Waals surface area contributed by atoms with Crippen LogP contribution in [-0.2, 0) is 6.54 Å². The summed E-state index contributed by atoms with van der Waals surface area (Å²) in [5.74, 6) is 4.51. The number of hydrogen-bond donors (Lipinski definition) is 2. The Hall–Kier alpha value is -2.40. The summed E-state index contributed by atoms with van der Waals surface area (Å²) in [6.45, 7) is 4.35. The van der Waals surface area contributed by atoms with Crippen molar-refractivity contribution in [2.75, 3.05) is 0 Å². The third kappa shape index (κ3) is 2.48. The zero-order chi connectivity index (χ0) is 14.7. The Morgan fingerprint density at radius 3 is 2.40 bits per heavy atom. The molecule has 1 heterocycles. The first-order chi connectivity index (χ1) is 9.58. The number of nitrogens with one attached hydrogen (secondary N) is 1. The average Bonchev–Trinajstić information content (AvgIpc) is 2.47. The topological polar surface area (TPSA) is 77.1 Å². The number of hydrogen-bond acceptors (Lipinski definition) is 3. The summed E-state index contributed by atoms with van der Waals surface area (Å²) in [5.41, 5.74) is 4.57. The largest absolute Gasteiger partial charge is 0.308 e. The van der Waals surface area contributed by atoms with E-state index in [1.54, 1.807) is 10.6 Å². The molecule has 104 valence electrons. The lowest BCUT2D eigenvalue weighted by Crippen LogP contribution is -2.36. The predicted molar refractivity (Wildman–Crippen MR) is 78.2 cm³/mol. The number of rotatable bonds is 3. The van der Waals surface area contributed by atoms with Gasteiger partial charge in [-0.3, -0.25) is 15.0 Å². The maximum absolute atomic E-state index is 12.3. The molecule has 2 aromatic rings. The highest BCUT2D eigenvalue weighted by Gasteiger charge is 2.14. The van der Waals surface area contributed by atoms with Crippen LogP contribution in [0, 0.1) is 6.92 Å². The van der Waals surface area contributed by atoms with Crippen molar-refractivity contribution >= 4 is 5.91 Å². The number of amides is 1. The SMILES string of the molecule is CCn1c(-c2ccc(C)cc2)ccc(C(=O)NN)c1=O. The quantitative estimate of drug-likeness (QED) is 0.504. The standard InChI is InChI=1S/C15H17N3O2/c1-3-18-13(11-6-4-10(2)5-7-11)9-8-12(15(18)20)14(19)17-16/h4-9H,3,16H2,1-2H3,(H,17,19). The number of benzene rings is 1. The van der Waals surface area contributed by atoms with Crippen LogP contribution in [0.25, 0.3) is 11.3 Å². The molecule has 5 nitrogen and oxygen atoms in total. The van der Waals surface area contributed by atoms with Gasteiger partial charge in [0.25, 0.3) is 11.5 Å². The molecule has 0 aliphatic carbocycles. The molecule has 1 aromatic carbocycles. The van der Waals surface area contributed by atoms with Gasteiger partial charge in [0.1, 0.15) is 5.56 Å². The molecule has 0 unspecified atom stereocenters. The summed E-state index contributed by atoms with van der Waals surface area (Å²) in [7, 11) is 0. The molecule has 0 spiro atoms. The van der Waals surface area contributed by atoms with Crippen LogP contribution in [-0.4, -0.2) is 10.5 Å². The normalized spacial score (nSPS) is 10.3. The van der Waals surface area contributed by atoms with Crippen molar-refractivity contribution in [1.82, 2.24) is 9.99 Å². The molecular weight excluding hydrogens is 254 g/mol. The zero-order valence-electron chi connectivity index (χ0n) is 11.5. The number of nitrogens with two attached hydrogens (primary N) is 1. The maximum Gasteiger partial charge on any atom is 0.270 e. The Labute approximate surface area is 117 Å². The van der Waals surface area contributed by atoms with Crippen LogP contribution in [0.5, 0.6) is 0 Å². The number of nitrogen functional groups attached to an aromatic ring is 1. The fourth-order valence-electron chi connectivity index (χ4n) is 2.12. The number of aryl methyl sites for hydroxylation is 1. The first-order valence-electron chi connectivity index (χ1n) is 6.40. The van der Waals surface area contributed by atoms with E-state index in [0.29, 0.717) is 6.54 Å². The lowest BCUT2D eigenvalue weighted by Gasteiger charge is -2.12. The molecule has 1 aromatic heterocycles. The molecule has 0 aliphatic heterocycles. The van der Waals surface area contributed by atoms with Crippen molar-refractivity contribution in [3.8, 4) is 11.3 Å². The van der Waals surface area contributed by atoms with E-state index in [1.165, 1.54) is 6.07 Å². The summed E-state index contributed by atoms with van der Waals surface area (Å²) in [6, 6.07) is 11.2. The minimum Gasteiger partial charge on any atom is -0.308 e. The van der Waals surface area contributed by atoms with Crippen LogP contribution in [0.3, 0.4) is 0 Å². The summed E-state index contributed by atoms with van der Waals surface area (Å²) < 4.78 is 1.56. The smallest absolute Gasteiger partial charge is 0.270 e. The number of pyridine rings is 1. The Morgan fingerprint density at radius 1 is 1.20 bits per heavy atom. The molecule has 0 atom stereocenters. The molecular formula is C15H17N3O2. The first-order valence-corrected chi connectivity index (χ1v) is 6.40. The second kappa shape index (κ2) is 5.71. The van der Waals surface area contributed by atoms with E-state index in [1.807, 2.05) is 43.5 Å². The fourth-order valence-corrected chi connectivity index (χ4v) is 2.12. The average molecular weight is 271 g/mol. The lowest BCUT2D eigenvalue weighted by atomic mass is 10.1. The summed E-state index contributed by atoms with van der Waals surface area (Å²) >= 11 is 0. The van der Waals surface area contributed by atoms with E-state index in [2.05, 4.69) is 0 Å². The molecule has 3 N–H and O–H groups in total. The first kappa shape index (κ1) is 14.0. The number of carbonyl (C=O) groups excluding carboxylic acids is 1. The van der Waals surface area contributed by atoms with Crippen molar-refractivity contribution in [1.29, 1.82) is 0 Å². The van der Waals surface area contributed by atoms with E-state index >= 15 is 0 Å². The highest BCUT2D eigenvalue weighted by Crippen LogP contribution is 2.19. The van der Waals surface area contributed by atoms with Gasteiger partial charge in [0, 0.05) is 6.54 Å². The number of hydrazine groups is 1. The summed E-state index contributed by atoms with van der Waals surface area (Å²) in [4.78, 5) is 23.9. The van der Waals surface area contributed by atoms with Gasteiger partial charge in [-0.1, -0.05) is 29.8 Å². The summed E-state index contributed by atoms with van der Waals surface area (Å²) in [5, 5.41) is 0. The summed E-state index contributed by atoms with van der Waals surface area (Å²) in [6.07, 6.45) is 0. The van der Waals surface area contributed by atoms with Crippen molar-refractivity contribution in [2.24, 2.45) is 5.84 Å². The van der Waals surface area contributed by atoms with E-state index in [0.717, 1.165) is 16.8 Å². The van der Waals surface area contributed by atoms with Gasteiger partial charge in [-0.15, -0.1) is 0 Å². The van der Waals surface area contributed by atoms with E-state index in [9.17, 15) is 9.59 Å². The molecule has 20 heavy (non-hydrogen) atoms. The van der Waals surface area contributed by atoms with Crippen LogP contribution < -0.4 is 16.8 Å². The third-order valence-electron chi connectivity index (χ3n) is 3.21. The number of carbonyl (C=O) groups is 1. The Balaban J connectivity index is 2.61. The lowest BCUT2D eigenvalue weighted by molar-refractivity contribution is 0.0951. The van der Waals surface area contributed by atoms with E-state index in [-0.39, 0.29) is 11.1 Å². The predicted octanol–water partition coefficient (Wildman–Crippen LogP) is 1.45. The molecule has 0 saturated carbocycles. The zero-order valence-corrected chi connectivity index (χ0v) is 11.5. The van der Waals surface area contributed by atoms with Gasteiger partial charge in [0.15, 0.2) is 0 Å². The number of aromatic nitrogens is 1. The van der Waals surface area contributed by atoms with Gasteiger partial charge >= 0.3 is 0 Å². The van der Waals surface area contributed by atoms with Crippen LogP contribution in [0.15, 0.2) is 41.2 Å². The van der Waals surface area contributed by atoms with Gasteiger partial charge in [0.05, 0.1) is 5.69 Å². The minimum atomic E-state index is -0.576. The molecule has 1 amide bonds. The van der Waals surface area contributed by atoms with Gasteiger partial charge in [-0.05, 0) is 31.5 Å². The minimum absolute atomic E-state index is 0.0465. The second-order valence-electron chi connectivity index (χ2n) is 4.52. The highest BCUT2D eigenvalue weighted by molar-refractivity contribution is 5.93. The Kier molecular flexibility index (Phi) is 4.00. The van der Waals surface area contributed by atoms with Crippen LogP contribution in [0.2, 0.25) is 0 Å². The van der Waals surface area contributed by atoms with Crippen molar-refractivity contribution < 1.29 is 4.79 Å². The van der Waals surface area contributed by atoms with Crippen LogP contribution >= 0.6 is 0 Å². The van der Waals surface area contributed by atoms with Crippen molar-refractivity contribution in [2.45, 2.75) is 20.4 Å². The van der Waals surface area contributed by atoms with E-state index < -0.39 is 5.91 Å². The molecule has 5 heteroatoms. The van der Waals surface area contributed by atoms with Gasteiger partial charge < -0.3 is 4.57 Å². The van der Waals surface area contributed by atoms with Crippen LogP contribution in [0.4, 0.5) is 0 Å². The Bertz CT molecular complexity index is 687. The maximum atomic E-state index is 12.3. The van der Waals surface area contributed by atoms with Crippen LogP contribution in [0.1, 0.15) is 22.8 Å². The Morgan fingerprint density at radius 2 is 1.85 bits per heavy atom. The monoisotopic (exact) mass is 271 g/mol. The van der Waals surface area contributed by atoms with E-state index in [4.69, 9.17) is 5.84 Å². The molecule has 2 rings (SSSR count). The number of nitrogens with zero attached hydrogens (tertiary/aromatic N) is 1. The molecule has 0 radical (unpaired) electrons. The van der Waals surface area contributed by atoms with Crippen molar-refractivity contribution in [3.05, 3.63) is 57.9 Å². The molecule has 0 fully saturated rings. The second-order valence-corrected chi connectivity index (χ2v) is 4.52. The van der Waals surface area contributed by atoms with Gasteiger partial charge in [-0.25, -0.2) is 5.84 Å². The third-order valence-corrected chi connectivity index (χ3v) is 3.21.